The lowest BCUT2D eigenvalue weighted by Gasteiger charge is -2.28. The van der Waals surface area contributed by atoms with Crippen molar-refractivity contribution in [1.82, 2.24) is 9.80 Å². The second-order valence-electron chi connectivity index (χ2n) is 8.21. The number of rotatable bonds is 13. The number of hydrogen-bond donors (Lipinski definition) is 0. The number of thiophene rings is 1. The molecular formula is C27H30Cl2N2O5S. The second-order valence-corrected chi connectivity index (χ2v) is 10.1. The standard InChI is InChI=1S/C27H30Cl2N2O5S/c1-34-11-10-31(27(33)20-14-21(28)16-22(29)15-20)18-26(32)30(17-23-5-4-12-37-23)9-8-19-6-7-24(35-2)25(13-19)36-3/h4-7,12-16H,8-11,17-18H2,1-3H3. The van der Waals surface area contributed by atoms with Crippen molar-refractivity contribution in [3.8, 4) is 11.5 Å². The van der Waals surface area contributed by atoms with Gasteiger partial charge in [-0.25, -0.2) is 0 Å². The van der Waals surface area contributed by atoms with Gasteiger partial charge in [0.25, 0.3) is 5.91 Å². The normalized spacial score (nSPS) is 10.7. The van der Waals surface area contributed by atoms with Crippen LogP contribution in [0.5, 0.6) is 11.5 Å². The molecule has 198 valence electrons. The molecule has 0 aliphatic heterocycles. The maximum absolute atomic E-state index is 13.6. The van der Waals surface area contributed by atoms with E-state index in [2.05, 4.69) is 0 Å². The van der Waals surface area contributed by atoms with E-state index in [9.17, 15) is 9.59 Å². The average molecular weight is 566 g/mol. The number of methoxy groups -OCH3 is 3. The van der Waals surface area contributed by atoms with Crippen LogP contribution in [0.1, 0.15) is 20.8 Å². The van der Waals surface area contributed by atoms with Crippen LogP contribution in [-0.4, -0.2) is 69.2 Å². The number of carbonyl (C=O) groups is 2. The van der Waals surface area contributed by atoms with Crippen molar-refractivity contribution in [3.63, 3.8) is 0 Å². The maximum atomic E-state index is 13.6. The van der Waals surface area contributed by atoms with Gasteiger partial charge >= 0.3 is 0 Å². The lowest BCUT2D eigenvalue weighted by atomic mass is 10.1. The summed E-state index contributed by atoms with van der Waals surface area (Å²) in [4.78, 5) is 31.1. The Morgan fingerprint density at radius 1 is 0.892 bits per heavy atom. The maximum Gasteiger partial charge on any atom is 0.254 e. The zero-order valence-corrected chi connectivity index (χ0v) is 23.4. The molecule has 37 heavy (non-hydrogen) atoms. The van der Waals surface area contributed by atoms with E-state index in [1.54, 1.807) is 55.8 Å². The third-order valence-corrected chi connectivity index (χ3v) is 6.98. The van der Waals surface area contributed by atoms with Crippen molar-refractivity contribution in [3.05, 3.63) is 80.0 Å². The first-order chi connectivity index (χ1) is 17.8. The molecule has 1 heterocycles. The topological polar surface area (TPSA) is 68.3 Å². The van der Waals surface area contributed by atoms with Gasteiger partial charge < -0.3 is 24.0 Å². The lowest BCUT2D eigenvalue weighted by molar-refractivity contribution is -0.132. The summed E-state index contributed by atoms with van der Waals surface area (Å²) < 4.78 is 15.9. The summed E-state index contributed by atoms with van der Waals surface area (Å²) in [5, 5.41) is 2.68. The van der Waals surface area contributed by atoms with E-state index in [0.717, 1.165) is 10.4 Å². The Labute approximate surface area is 231 Å². The van der Waals surface area contributed by atoms with Crippen LogP contribution in [-0.2, 0) is 22.5 Å². The van der Waals surface area contributed by atoms with Gasteiger partial charge in [-0.2, -0.15) is 0 Å². The highest BCUT2D eigenvalue weighted by Gasteiger charge is 2.23. The summed E-state index contributed by atoms with van der Waals surface area (Å²) in [5.41, 5.74) is 1.32. The number of benzene rings is 2. The quantitative estimate of drug-likeness (QED) is 0.277. The Bertz CT molecular complexity index is 1170. The molecule has 2 aromatic carbocycles. The molecule has 0 bridgehead atoms. The van der Waals surface area contributed by atoms with Gasteiger partial charge in [-0.15, -0.1) is 11.3 Å². The number of nitrogens with zero attached hydrogens (tertiary/aromatic N) is 2. The Morgan fingerprint density at radius 2 is 1.62 bits per heavy atom. The lowest BCUT2D eigenvalue weighted by Crippen LogP contribution is -2.44. The van der Waals surface area contributed by atoms with Crippen molar-refractivity contribution in [2.24, 2.45) is 0 Å². The molecule has 0 aliphatic carbocycles. The molecule has 0 saturated heterocycles. The van der Waals surface area contributed by atoms with Gasteiger partial charge in [0.2, 0.25) is 5.91 Å². The van der Waals surface area contributed by atoms with Gasteiger partial charge in [0.1, 0.15) is 6.54 Å². The smallest absolute Gasteiger partial charge is 0.254 e. The van der Waals surface area contributed by atoms with Crippen LogP contribution in [0.15, 0.2) is 53.9 Å². The highest BCUT2D eigenvalue weighted by Crippen LogP contribution is 2.28. The molecule has 0 radical (unpaired) electrons. The Hall–Kier alpha value is -2.78. The minimum absolute atomic E-state index is 0.108. The molecule has 0 N–H and O–H groups in total. The fraction of sp³-hybridized carbons (Fsp3) is 0.333. The van der Waals surface area contributed by atoms with Crippen LogP contribution in [0, 0.1) is 0 Å². The van der Waals surface area contributed by atoms with Gasteiger partial charge in [-0.1, -0.05) is 35.3 Å². The van der Waals surface area contributed by atoms with E-state index < -0.39 is 0 Å². The first kappa shape index (κ1) is 28.8. The number of hydrogen-bond acceptors (Lipinski definition) is 6. The molecule has 10 heteroatoms. The van der Waals surface area contributed by atoms with Crippen molar-refractivity contribution < 1.29 is 23.8 Å². The summed E-state index contributed by atoms with van der Waals surface area (Å²) in [7, 11) is 4.73. The van der Waals surface area contributed by atoms with Crippen LogP contribution in [0.4, 0.5) is 0 Å². The molecule has 0 spiro atoms. The van der Waals surface area contributed by atoms with E-state index in [4.69, 9.17) is 37.4 Å². The minimum Gasteiger partial charge on any atom is -0.493 e. The molecule has 0 atom stereocenters. The molecule has 3 rings (SSSR count). The van der Waals surface area contributed by atoms with Gasteiger partial charge in [0.15, 0.2) is 11.5 Å². The number of halogens is 2. The Morgan fingerprint density at radius 3 is 2.24 bits per heavy atom. The molecule has 1 aromatic heterocycles. The molecule has 7 nitrogen and oxygen atoms in total. The van der Waals surface area contributed by atoms with E-state index in [-0.39, 0.29) is 31.5 Å². The van der Waals surface area contributed by atoms with Crippen molar-refractivity contribution >= 4 is 46.4 Å². The van der Waals surface area contributed by atoms with E-state index >= 15 is 0 Å². The molecule has 3 aromatic rings. The van der Waals surface area contributed by atoms with Crippen LogP contribution in [0.25, 0.3) is 0 Å². The highest BCUT2D eigenvalue weighted by atomic mass is 35.5. The van der Waals surface area contributed by atoms with E-state index in [1.807, 2.05) is 35.7 Å². The van der Waals surface area contributed by atoms with Crippen LogP contribution in [0.2, 0.25) is 10.0 Å². The summed E-state index contributed by atoms with van der Waals surface area (Å²) in [6.07, 6.45) is 0.605. The summed E-state index contributed by atoms with van der Waals surface area (Å²) in [6.45, 7) is 1.32. The predicted molar refractivity (Wildman–Crippen MR) is 147 cm³/mol. The second kappa shape index (κ2) is 14.2. The minimum atomic E-state index is -0.342. The summed E-state index contributed by atoms with van der Waals surface area (Å²) in [5.74, 6) is 0.760. The van der Waals surface area contributed by atoms with Gasteiger partial charge in [-0.3, -0.25) is 9.59 Å². The fourth-order valence-corrected chi connectivity index (χ4v) is 5.01. The molecule has 0 aliphatic rings. The van der Waals surface area contributed by atoms with Crippen LogP contribution < -0.4 is 9.47 Å². The third-order valence-electron chi connectivity index (χ3n) is 5.69. The molecule has 0 saturated carbocycles. The zero-order chi connectivity index (χ0) is 26.8. The summed E-state index contributed by atoms with van der Waals surface area (Å²) in [6, 6.07) is 14.3. The molecule has 0 fully saturated rings. The number of ether oxygens (including phenoxy) is 3. The molecule has 2 amide bonds. The predicted octanol–water partition coefficient (Wildman–Crippen LogP) is 5.43. The monoisotopic (exact) mass is 564 g/mol. The van der Waals surface area contributed by atoms with Crippen LogP contribution >= 0.6 is 34.5 Å². The average Bonchev–Trinajstić information content (AvgIpc) is 3.40. The first-order valence-corrected chi connectivity index (χ1v) is 13.2. The van der Waals surface area contributed by atoms with E-state index in [1.165, 1.54) is 4.90 Å². The molecular weight excluding hydrogens is 535 g/mol. The van der Waals surface area contributed by atoms with Crippen molar-refractivity contribution in [2.75, 3.05) is 47.6 Å². The fourth-order valence-electron chi connectivity index (χ4n) is 3.76. The Kier molecular flexibility index (Phi) is 11.1. The summed E-state index contributed by atoms with van der Waals surface area (Å²) >= 11 is 13.8. The first-order valence-electron chi connectivity index (χ1n) is 11.6. The zero-order valence-electron chi connectivity index (χ0n) is 21.0. The van der Waals surface area contributed by atoms with Gasteiger partial charge in [-0.05, 0) is 53.8 Å². The largest absolute Gasteiger partial charge is 0.493 e. The number of carbonyl (C=O) groups excluding carboxylic acids is 2. The Balaban J connectivity index is 1.79. The van der Waals surface area contributed by atoms with E-state index in [0.29, 0.717) is 46.6 Å². The van der Waals surface area contributed by atoms with Crippen molar-refractivity contribution in [1.29, 1.82) is 0 Å². The highest BCUT2D eigenvalue weighted by molar-refractivity contribution is 7.09. The molecule has 0 unspecified atom stereocenters. The van der Waals surface area contributed by atoms with Gasteiger partial charge in [0, 0.05) is 40.7 Å². The SMILES string of the molecule is COCCN(CC(=O)N(CCc1ccc(OC)c(OC)c1)Cc1cccs1)C(=O)c1cc(Cl)cc(Cl)c1. The third kappa shape index (κ3) is 8.36. The van der Waals surface area contributed by atoms with Crippen molar-refractivity contribution in [2.45, 2.75) is 13.0 Å². The van der Waals surface area contributed by atoms with Crippen LogP contribution in [0.3, 0.4) is 0 Å². The van der Waals surface area contributed by atoms with Gasteiger partial charge in [0.05, 0.1) is 27.4 Å². The number of amides is 2.